The fourth-order valence-corrected chi connectivity index (χ4v) is 3.04. The highest BCUT2D eigenvalue weighted by Crippen LogP contribution is 2.10. The molecule has 90 valence electrons. The summed E-state index contributed by atoms with van der Waals surface area (Å²) >= 11 is 5.68. The fourth-order valence-electron chi connectivity index (χ4n) is 1.28. The molecule has 16 heavy (non-hydrogen) atoms. The van der Waals surface area contributed by atoms with Crippen LogP contribution in [0.5, 0.6) is 0 Å². The molecule has 0 amide bonds. The molecule has 0 bridgehead atoms. The molecule has 0 spiro atoms. The highest BCUT2D eigenvalue weighted by molar-refractivity contribution is 7.88. The zero-order chi connectivity index (χ0) is 12.2. The minimum absolute atomic E-state index is 0.0197. The van der Waals surface area contributed by atoms with Gasteiger partial charge in [0.1, 0.15) is 0 Å². The Balaban J connectivity index is 2.74. The molecule has 1 rings (SSSR count). The zero-order valence-corrected chi connectivity index (χ0v) is 11.0. The summed E-state index contributed by atoms with van der Waals surface area (Å²) in [4.78, 5) is 0. The van der Waals surface area contributed by atoms with Crippen LogP contribution in [0, 0.1) is 0 Å². The Morgan fingerprint density at radius 2 is 1.81 bits per heavy atom. The summed E-state index contributed by atoms with van der Waals surface area (Å²) in [5.41, 5.74) is 0.148. The molecule has 0 fully saturated rings. The maximum atomic E-state index is 11.8. The summed E-state index contributed by atoms with van der Waals surface area (Å²) in [6.07, 6.45) is 0. The van der Waals surface area contributed by atoms with Crippen molar-refractivity contribution >= 4 is 21.6 Å². The third-order valence-electron chi connectivity index (χ3n) is 1.97. The van der Waals surface area contributed by atoms with Crippen molar-refractivity contribution in [3.8, 4) is 0 Å². The van der Waals surface area contributed by atoms with Gasteiger partial charge >= 0.3 is 0 Å². The number of benzene rings is 1. The van der Waals surface area contributed by atoms with Gasteiger partial charge in [-0.25, -0.2) is 13.1 Å². The van der Waals surface area contributed by atoms with Gasteiger partial charge < -0.3 is 0 Å². The predicted octanol–water partition coefficient (Wildman–Crippen LogP) is 2.12. The highest BCUT2D eigenvalue weighted by atomic mass is 35.5. The molecular formula is C11H16ClNO2S. The van der Waals surface area contributed by atoms with Crippen LogP contribution in [0.15, 0.2) is 30.3 Å². The van der Waals surface area contributed by atoms with E-state index in [9.17, 15) is 8.42 Å². The number of nitrogens with one attached hydrogen (secondary N) is 1. The molecular weight excluding hydrogens is 246 g/mol. The maximum Gasteiger partial charge on any atom is 0.216 e. The van der Waals surface area contributed by atoms with Crippen LogP contribution >= 0.6 is 11.6 Å². The van der Waals surface area contributed by atoms with Gasteiger partial charge in [0.2, 0.25) is 10.0 Å². The Morgan fingerprint density at radius 3 is 2.31 bits per heavy atom. The lowest BCUT2D eigenvalue weighted by Crippen LogP contribution is -2.45. The van der Waals surface area contributed by atoms with Gasteiger partial charge in [-0.3, -0.25) is 0 Å². The van der Waals surface area contributed by atoms with Crippen LogP contribution in [0.2, 0.25) is 0 Å². The summed E-state index contributed by atoms with van der Waals surface area (Å²) in [7, 11) is -3.34. The van der Waals surface area contributed by atoms with Crippen molar-refractivity contribution in [2.45, 2.75) is 25.1 Å². The summed E-state index contributed by atoms with van der Waals surface area (Å²) in [6, 6.07) is 9.06. The number of hydrogen-bond acceptors (Lipinski definition) is 2. The van der Waals surface area contributed by atoms with E-state index in [0.29, 0.717) is 0 Å². The molecule has 3 nitrogen and oxygen atoms in total. The van der Waals surface area contributed by atoms with Crippen molar-refractivity contribution in [3.05, 3.63) is 35.9 Å². The lowest BCUT2D eigenvalue weighted by molar-refractivity contribution is 0.495. The van der Waals surface area contributed by atoms with Crippen LogP contribution in [0.25, 0.3) is 0 Å². The van der Waals surface area contributed by atoms with E-state index in [1.54, 1.807) is 26.0 Å². The average molecular weight is 262 g/mol. The van der Waals surface area contributed by atoms with Crippen LogP contribution in [-0.2, 0) is 15.8 Å². The minimum atomic E-state index is -3.34. The van der Waals surface area contributed by atoms with Gasteiger partial charge in [0.25, 0.3) is 0 Å². The van der Waals surface area contributed by atoms with Gasteiger partial charge in [-0.05, 0) is 19.4 Å². The second-order valence-corrected chi connectivity index (χ2v) is 6.35. The second kappa shape index (κ2) is 5.17. The lowest BCUT2D eigenvalue weighted by Gasteiger charge is -2.22. The molecule has 0 aliphatic carbocycles. The first-order chi connectivity index (χ1) is 7.35. The molecule has 0 unspecified atom stereocenters. The van der Waals surface area contributed by atoms with Crippen molar-refractivity contribution in [2.75, 3.05) is 5.88 Å². The number of hydrogen-bond donors (Lipinski definition) is 1. The van der Waals surface area contributed by atoms with Crippen LogP contribution in [0.4, 0.5) is 0 Å². The van der Waals surface area contributed by atoms with E-state index in [4.69, 9.17) is 11.6 Å². The van der Waals surface area contributed by atoms with E-state index in [2.05, 4.69) is 4.72 Å². The van der Waals surface area contributed by atoms with Crippen molar-refractivity contribution in [2.24, 2.45) is 0 Å². The SMILES string of the molecule is CC(C)(CCl)NS(=O)(=O)Cc1ccccc1. The van der Waals surface area contributed by atoms with Gasteiger partial charge in [-0.1, -0.05) is 30.3 Å². The standard InChI is InChI=1S/C11H16ClNO2S/c1-11(2,9-12)13-16(14,15)8-10-6-4-3-5-7-10/h3-7,13H,8-9H2,1-2H3. The molecule has 0 aliphatic heterocycles. The first-order valence-electron chi connectivity index (χ1n) is 4.96. The van der Waals surface area contributed by atoms with Gasteiger partial charge in [0.15, 0.2) is 0 Å². The van der Waals surface area contributed by atoms with Gasteiger partial charge in [0.05, 0.1) is 5.75 Å². The van der Waals surface area contributed by atoms with Crippen LogP contribution in [0.1, 0.15) is 19.4 Å². The molecule has 0 atom stereocenters. The molecule has 5 heteroatoms. The first kappa shape index (κ1) is 13.5. The number of rotatable bonds is 5. The predicted molar refractivity (Wildman–Crippen MR) is 67.0 cm³/mol. The summed E-state index contributed by atoms with van der Waals surface area (Å²) < 4.78 is 26.2. The van der Waals surface area contributed by atoms with Crippen LogP contribution in [0.3, 0.4) is 0 Å². The van der Waals surface area contributed by atoms with Gasteiger partial charge in [0, 0.05) is 11.4 Å². The van der Waals surface area contributed by atoms with E-state index in [0.717, 1.165) is 5.56 Å². The van der Waals surface area contributed by atoms with Crippen LogP contribution < -0.4 is 4.72 Å². The molecule has 1 N–H and O–H groups in total. The van der Waals surface area contributed by atoms with Gasteiger partial charge in [-0.15, -0.1) is 11.6 Å². The molecule has 0 heterocycles. The van der Waals surface area contributed by atoms with Crippen molar-refractivity contribution in [1.82, 2.24) is 4.72 Å². The third-order valence-corrected chi connectivity index (χ3v) is 4.21. The number of sulfonamides is 1. The second-order valence-electron chi connectivity index (χ2n) is 4.36. The lowest BCUT2D eigenvalue weighted by atomic mass is 10.1. The summed E-state index contributed by atoms with van der Waals surface area (Å²) in [6.45, 7) is 3.51. The van der Waals surface area contributed by atoms with Crippen molar-refractivity contribution in [1.29, 1.82) is 0 Å². The Hall–Kier alpha value is -0.580. The van der Waals surface area contributed by atoms with Crippen LogP contribution in [-0.4, -0.2) is 19.8 Å². The summed E-state index contributed by atoms with van der Waals surface area (Å²) in [5, 5.41) is 0. The van der Waals surface area contributed by atoms with E-state index >= 15 is 0 Å². The summed E-state index contributed by atoms with van der Waals surface area (Å²) in [5.74, 6) is 0.217. The Kier molecular flexibility index (Phi) is 4.35. The quantitative estimate of drug-likeness (QED) is 0.826. The number of alkyl halides is 1. The smallest absolute Gasteiger partial charge is 0.212 e. The normalized spacial score (nSPS) is 12.7. The van der Waals surface area contributed by atoms with E-state index in [1.807, 2.05) is 18.2 Å². The highest BCUT2D eigenvalue weighted by Gasteiger charge is 2.23. The molecule has 0 saturated carbocycles. The Morgan fingerprint density at radius 1 is 1.25 bits per heavy atom. The van der Waals surface area contributed by atoms with Gasteiger partial charge in [-0.2, -0.15) is 0 Å². The maximum absolute atomic E-state index is 11.8. The largest absolute Gasteiger partial charge is 0.216 e. The molecule has 0 aromatic heterocycles. The molecule has 0 aliphatic rings. The minimum Gasteiger partial charge on any atom is -0.212 e. The molecule has 1 aromatic rings. The van der Waals surface area contributed by atoms with Crippen molar-refractivity contribution < 1.29 is 8.42 Å². The first-order valence-corrected chi connectivity index (χ1v) is 7.15. The van der Waals surface area contributed by atoms with E-state index < -0.39 is 15.6 Å². The van der Waals surface area contributed by atoms with E-state index in [1.165, 1.54) is 0 Å². The average Bonchev–Trinajstić information content (AvgIpc) is 2.17. The van der Waals surface area contributed by atoms with Crippen molar-refractivity contribution in [3.63, 3.8) is 0 Å². The number of halogens is 1. The Labute approximate surface area is 102 Å². The topological polar surface area (TPSA) is 46.2 Å². The molecule has 1 aromatic carbocycles. The van der Waals surface area contributed by atoms with E-state index in [-0.39, 0.29) is 11.6 Å². The third kappa shape index (κ3) is 4.51. The molecule has 0 radical (unpaired) electrons. The monoisotopic (exact) mass is 261 g/mol. The Bertz CT molecular complexity index is 429. The molecule has 0 saturated heterocycles. The zero-order valence-electron chi connectivity index (χ0n) is 9.40. The fraction of sp³-hybridized carbons (Fsp3) is 0.455.